The van der Waals surface area contributed by atoms with E-state index in [9.17, 15) is 4.79 Å². The minimum absolute atomic E-state index is 0.124. The van der Waals surface area contributed by atoms with Gasteiger partial charge in [-0.2, -0.15) is 5.26 Å². The van der Waals surface area contributed by atoms with Crippen LogP contribution in [0, 0.1) is 17.2 Å². The predicted octanol–water partition coefficient (Wildman–Crippen LogP) is 5.15. The van der Waals surface area contributed by atoms with Crippen LogP contribution in [-0.4, -0.2) is 19.6 Å². The summed E-state index contributed by atoms with van der Waals surface area (Å²) in [5, 5.41) is 9.32. The Balaban J connectivity index is 4.59. The third-order valence-electron chi connectivity index (χ3n) is 4.46. The SMILES string of the molecule is CC(C)(C)OC(=O)C[C@@H](CC#N)CC[Si](C)(C)C(C)(C)C. The first-order valence-corrected chi connectivity index (χ1v) is 11.1. The van der Waals surface area contributed by atoms with E-state index in [2.05, 4.69) is 39.9 Å². The zero-order valence-electron chi connectivity index (χ0n) is 15.2. The third kappa shape index (κ3) is 8.26. The fourth-order valence-corrected chi connectivity index (χ4v) is 3.84. The molecular formula is C17H33NO2Si. The average Bonchev–Trinajstić information content (AvgIpc) is 2.22. The highest BCUT2D eigenvalue weighted by Gasteiger charge is 2.35. The van der Waals surface area contributed by atoms with Crippen molar-refractivity contribution in [1.29, 1.82) is 5.26 Å². The molecule has 122 valence electrons. The van der Waals surface area contributed by atoms with E-state index in [0.717, 1.165) is 12.5 Å². The Morgan fingerprint density at radius 2 is 1.71 bits per heavy atom. The fourth-order valence-electron chi connectivity index (χ4n) is 1.96. The minimum Gasteiger partial charge on any atom is -0.460 e. The first-order valence-electron chi connectivity index (χ1n) is 7.87. The van der Waals surface area contributed by atoms with Crippen molar-refractivity contribution in [2.45, 2.75) is 90.6 Å². The maximum absolute atomic E-state index is 11.9. The Morgan fingerprint density at radius 3 is 2.10 bits per heavy atom. The van der Waals surface area contributed by atoms with Crippen LogP contribution < -0.4 is 0 Å². The summed E-state index contributed by atoms with van der Waals surface area (Å²) < 4.78 is 5.38. The number of carbonyl (C=O) groups is 1. The second-order valence-electron chi connectivity index (χ2n) is 8.69. The van der Waals surface area contributed by atoms with Gasteiger partial charge in [0.1, 0.15) is 5.60 Å². The summed E-state index contributed by atoms with van der Waals surface area (Å²) >= 11 is 0. The molecule has 0 bridgehead atoms. The predicted molar refractivity (Wildman–Crippen MR) is 90.8 cm³/mol. The number of ether oxygens (including phenoxy) is 1. The number of hydrogen-bond acceptors (Lipinski definition) is 3. The van der Waals surface area contributed by atoms with Gasteiger partial charge < -0.3 is 4.74 Å². The van der Waals surface area contributed by atoms with Crippen LogP contribution >= 0.6 is 0 Å². The van der Waals surface area contributed by atoms with Crippen LogP contribution in [0.1, 0.15) is 60.8 Å². The lowest BCUT2D eigenvalue weighted by Gasteiger charge is -2.37. The number of esters is 1. The van der Waals surface area contributed by atoms with Gasteiger partial charge in [-0.1, -0.05) is 46.3 Å². The van der Waals surface area contributed by atoms with E-state index in [1.165, 1.54) is 0 Å². The van der Waals surface area contributed by atoms with Crippen molar-refractivity contribution >= 4 is 14.0 Å². The van der Waals surface area contributed by atoms with Gasteiger partial charge in [-0.05, 0) is 31.7 Å². The highest BCUT2D eigenvalue weighted by molar-refractivity contribution is 6.80. The van der Waals surface area contributed by atoms with Crippen LogP contribution in [0.25, 0.3) is 0 Å². The summed E-state index contributed by atoms with van der Waals surface area (Å²) in [7, 11) is -1.36. The van der Waals surface area contributed by atoms with Crippen molar-refractivity contribution in [3.63, 3.8) is 0 Å². The molecule has 0 aromatic rings. The lowest BCUT2D eigenvalue weighted by Crippen LogP contribution is -2.37. The molecule has 0 saturated carbocycles. The molecule has 0 saturated heterocycles. The zero-order chi connectivity index (χ0) is 16.9. The molecule has 0 heterocycles. The van der Waals surface area contributed by atoms with Gasteiger partial charge in [-0.15, -0.1) is 0 Å². The van der Waals surface area contributed by atoms with Gasteiger partial charge in [-0.25, -0.2) is 0 Å². The number of hydrogen-bond donors (Lipinski definition) is 0. The summed E-state index contributed by atoms with van der Waals surface area (Å²) in [6.45, 7) is 17.3. The molecule has 1 atom stereocenters. The first-order chi connectivity index (χ1) is 9.28. The molecule has 3 nitrogen and oxygen atoms in total. The summed E-state index contributed by atoms with van der Waals surface area (Å²) in [5.41, 5.74) is -0.451. The van der Waals surface area contributed by atoms with E-state index in [4.69, 9.17) is 10.00 Å². The van der Waals surface area contributed by atoms with Gasteiger partial charge in [0, 0.05) is 12.8 Å². The van der Waals surface area contributed by atoms with Crippen LogP contribution in [0.2, 0.25) is 24.2 Å². The van der Waals surface area contributed by atoms with Gasteiger partial charge in [-0.3, -0.25) is 4.79 Å². The van der Waals surface area contributed by atoms with E-state index in [-0.39, 0.29) is 11.9 Å². The van der Waals surface area contributed by atoms with Gasteiger partial charge in [0.05, 0.1) is 14.1 Å². The van der Waals surface area contributed by atoms with Crippen LogP contribution in [0.3, 0.4) is 0 Å². The molecular weight excluding hydrogens is 278 g/mol. The van der Waals surface area contributed by atoms with E-state index in [0.29, 0.717) is 17.9 Å². The number of rotatable bonds is 6. The summed E-state index contributed by atoms with van der Waals surface area (Å²) in [5.74, 6) is -0.0584. The smallest absolute Gasteiger partial charge is 0.306 e. The Morgan fingerprint density at radius 1 is 1.19 bits per heavy atom. The Kier molecular flexibility index (Phi) is 7.15. The van der Waals surface area contributed by atoms with Gasteiger partial charge in [0.25, 0.3) is 0 Å². The number of nitrogens with zero attached hydrogens (tertiary/aromatic N) is 1. The summed E-state index contributed by atoms with van der Waals surface area (Å²) in [4.78, 5) is 11.9. The number of nitriles is 1. The Labute approximate surface area is 132 Å². The van der Waals surface area contributed by atoms with E-state index < -0.39 is 13.7 Å². The molecule has 0 amide bonds. The standard InChI is InChI=1S/C17H33NO2Si/c1-16(2,3)20-15(19)13-14(9-11-18)10-12-21(7,8)17(4,5)6/h14H,9-10,12-13H2,1-8H3/t14-/m0/s1. The van der Waals surface area contributed by atoms with Crippen molar-refractivity contribution in [2.75, 3.05) is 0 Å². The zero-order valence-corrected chi connectivity index (χ0v) is 16.2. The van der Waals surface area contributed by atoms with E-state index in [1.54, 1.807) is 0 Å². The normalized spacial score (nSPS) is 14.4. The molecule has 0 rings (SSSR count). The van der Waals surface area contributed by atoms with Crippen LogP contribution in [0.15, 0.2) is 0 Å². The topological polar surface area (TPSA) is 50.1 Å². The van der Waals surface area contributed by atoms with Gasteiger partial charge in [0.2, 0.25) is 0 Å². The van der Waals surface area contributed by atoms with Crippen molar-refractivity contribution in [2.24, 2.45) is 5.92 Å². The monoisotopic (exact) mass is 311 g/mol. The van der Waals surface area contributed by atoms with E-state index in [1.807, 2.05) is 20.8 Å². The molecule has 0 fully saturated rings. The molecule has 21 heavy (non-hydrogen) atoms. The molecule has 4 heteroatoms. The van der Waals surface area contributed by atoms with Gasteiger partial charge in [0.15, 0.2) is 0 Å². The molecule has 0 aliphatic rings. The average molecular weight is 312 g/mol. The van der Waals surface area contributed by atoms with Crippen LogP contribution in [-0.2, 0) is 9.53 Å². The van der Waals surface area contributed by atoms with Crippen molar-refractivity contribution < 1.29 is 9.53 Å². The highest BCUT2D eigenvalue weighted by atomic mass is 28.3. The largest absolute Gasteiger partial charge is 0.460 e. The van der Waals surface area contributed by atoms with Crippen LogP contribution in [0.4, 0.5) is 0 Å². The molecule has 0 N–H and O–H groups in total. The third-order valence-corrected chi connectivity index (χ3v) is 10.1. The highest BCUT2D eigenvalue weighted by Crippen LogP contribution is 2.40. The summed E-state index contributed by atoms with van der Waals surface area (Å²) in [6, 6.07) is 3.36. The molecule has 0 radical (unpaired) electrons. The fraction of sp³-hybridized carbons (Fsp3) is 0.882. The Hall–Kier alpha value is -0.823. The maximum Gasteiger partial charge on any atom is 0.306 e. The van der Waals surface area contributed by atoms with Crippen LogP contribution in [0.5, 0.6) is 0 Å². The molecule has 0 aliphatic carbocycles. The quantitative estimate of drug-likeness (QED) is 0.503. The van der Waals surface area contributed by atoms with Crippen molar-refractivity contribution in [3.05, 3.63) is 0 Å². The van der Waals surface area contributed by atoms with E-state index >= 15 is 0 Å². The van der Waals surface area contributed by atoms with Crippen molar-refractivity contribution in [1.82, 2.24) is 0 Å². The molecule has 0 aromatic carbocycles. The molecule has 0 aromatic heterocycles. The lowest BCUT2D eigenvalue weighted by atomic mass is 9.99. The van der Waals surface area contributed by atoms with Crippen molar-refractivity contribution in [3.8, 4) is 6.07 Å². The number of carbonyl (C=O) groups excluding carboxylic acids is 1. The first kappa shape index (κ1) is 20.2. The molecule has 0 aliphatic heterocycles. The maximum atomic E-state index is 11.9. The second-order valence-corrected chi connectivity index (χ2v) is 14.5. The second kappa shape index (κ2) is 7.44. The lowest BCUT2D eigenvalue weighted by molar-refractivity contribution is -0.155. The molecule has 0 unspecified atom stereocenters. The van der Waals surface area contributed by atoms with Gasteiger partial charge >= 0.3 is 5.97 Å². The Bertz CT molecular complexity index is 383. The minimum atomic E-state index is -1.36. The summed E-state index contributed by atoms with van der Waals surface area (Å²) in [6.07, 6.45) is 1.75. The molecule has 0 spiro atoms.